The van der Waals surface area contributed by atoms with E-state index in [0.29, 0.717) is 13.8 Å². The Kier molecular flexibility index (Phi) is 4.35. The molecular formula is C8H12F4O2. The Hall–Kier alpha value is -0.810. The Morgan fingerprint density at radius 1 is 1.14 bits per heavy atom. The highest BCUT2D eigenvalue weighted by atomic mass is 19.3. The van der Waals surface area contributed by atoms with Crippen LogP contribution in [0.15, 0.2) is 0 Å². The van der Waals surface area contributed by atoms with E-state index in [4.69, 9.17) is 0 Å². The molecule has 0 aliphatic heterocycles. The van der Waals surface area contributed by atoms with Gasteiger partial charge in [-0.2, -0.15) is 0 Å². The van der Waals surface area contributed by atoms with Crippen molar-refractivity contribution in [3.05, 3.63) is 0 Å². The summed E-state index contributed by atoms with van der Waals surface area (Å²) in [6.07, 6.45) is -1.25. The lowest BCUT2D eigenvalue weighted by Gasteiger charge is -2.12. The van der Waals surface area contributed by atoms with Gasteiger partial charge >= 0.3 is 5.97 Å². The molecule has 0 rings (SSSR count). The average molecular weight is 216 g/mol. The molecule has 0 aliphatic carbocycles. The summed E-state index contributed by atoms with van der Waals surface area (Å²) in [6.45, 7) is 0.157. The monoisotopic (exact) mass is 216 g/mol. The maximum Gasteiger partial charge on any atom is 0.306 e. The van der Waals surface area contributed by atoms with E-state index in [1.165, 1.54) is 0 Å². The average Bonchev–Trinajstić information content (AvgIpc) is 1.94. The lowest BCUT2D eigenvalue weighted by atomic mass is 10.2. The Bertz CT molecular complexity index is 172. The molecule has 14 heavy (non-hydrogen) atoms. The Balaban J connectivity index is 3.68. The second kappa shape index (κ2) is 4.61. The zero-order valence-electron chi connectivity index (χ0n) is 7.95. The summed E-state index contributed by atoms with van der Waals surface area (Å²) in [5, 5.41) is 0. The van der Waals surface area contributed by atoms with Crippen LogP contribution in [0.25, 0.3) is 0 Å². The van der Waals surface area contributed by atoms with Gasteiger partial charge in [-0.25, -0.2) is 17.6 Å². The van der Waals surface area contributed by atoms with Crippen molar-refractivity contribution in [2.24, 2.45) is 0 Å². The summed E-state index contributed by atoms with van der Waals surface area (Å²) in [4.78, 5) is 10.6. The number of hydrogen-bond donors (Lipinski definition) is 0. The molecule has 0 N–H and O–H groups in total. The first-order chi connectivity index (χ1) is 6.10. The molecule has 84 valence electrons. The predicted octanol–water partition coefficient (Wildman–Crippen LogP) is 2.62. The lowest BCUT2D eigenvalue weighted by molar-refractivity contribution is -0.155. The van der Waals surface area contributed by atoms with E-state index < -0.39 is 37.3 Å². The molecular weight excluding hydrogens is 204 g/mol. The lowest BCUT2D eigenvalue weighted by Crippen LogP contribution is -2.22. The summed E-state index contributed by atoms with van der Waals surface area (Å²) in [5.74, 6) is -7.13. The fourth-order valence-electron chi connectivity index (χ4n) is 0.601. The molecule has 2 nitrogen and oxygen atoms in total. The molecule has 0 amide bonds. The fraction of sp³-hybridized carbons (Fsp3) is 0.875. The standard InChI is InChI=1S/C8H12F4O2/c1-7(9,10)4-3-6(13)14-5-8(2,11)12/h3-5H2,1-2H3. The Morgan fingerprint density at radius 2 is 1.64 bits per heavy atom. The minimum Gasteiger partial charge on any atom is -0.459 e. The van der Waals surface area contributed by atoms with Gasteiger partial charge in [0.05, 0.1) is 6.42 Å². The second-order valence-corrected chi connectivity index (χ2v) is 3.30. The molecule has 0 fully saturated rings. The number of rotatable bonds is 5. The van der Waals surface area contributed by atoms with Crippen LogP contribution in [-0.2, 0) is 9.53 Å². The molecule has 0 unspecified atom stereocenters. The molecule has 0 aromatic carbocycles. The first-order valence-corrected chi connectivity index (χ1v) is 4.01. The number of carbonyl (C=O) groups is 1. The number of halogens is 4. The molecule has 6 heteroatoms. The van der Waals surface area contributed by atoms with Crippen LogP contribution in [0.5, 0.6) is 0 Å². The molecule has 0 saturated carbocycles. The maximum atomic E-state index is 12.2. The van der Waals surface area contributed by atoms with Crippen molar-refractivity contribution in [2.75, 3.05) is 6.61 Å². The third-order valence-electron chi connectivity index (χ3n) is 1.25. The summed E-state index contributed by atoms with van der Waals surface area (Å²) in [7, 11) is 0. The van der Waals surface area contributed by atoms with Crippen molar-refractivity contribution in [2.45, 2.75) is 38.5 Å². The van der Waals surface area contributed by atoms with Gasteiger partial charge in [0.1, 0.15) is 0 Å². The van der Waals surface area contributed by atoms with Crippen LogP contribution in [0.1, 0.15) is 26.7 Å². The highest BCUT2D eigenvalue weighted by Crippen LogP contribution is 2.19. The van der Waals surface area contributed by atoms with E-state index >= 15 is 0 Å². The minimum atomic E-state index is -3.12. The molecule has 0 radical (unpaired) electrons. The van der Waals surface area contributed by atoms with Gasteiger partial charge in [-0.1, -0.05) is 0 Å². The van der Waals surface area contributed by atoms with Gasteiger partial charge in [0.15, 0.2) is 6.61 Å². The van der Waals surface area contributed by atoms with E-state index in [1.54, 1.807) is 0 Å². The van der Waals surface area contributed by atoms with Crippen LogP contribution in [0.2, 0.25) is 0 Å². The molecule has 0 aromatic heterocycles. The number of ether oxygens (including phenoxy) is 1. The number of hydrogen-bond acceptors (Lipinski definition) is 2. The van der Waals surface area contributed by atoms with E-state index in [2.05, 4.69) is 4.74 Å². The molecule has 0 aromatic rings. The van der Waals surface area contributed by atoms with Crippen LogP contribution in [0.3, 0.4) is 0 Å². The topological polar surface area (TPSA) is 26.3 Å². The summed E-state index contributed by atoms with van der Waals surface area (Å²) in [5.41, 5.74) is 0. The van der Waals surface area contributed by atoms with E-state index in [-0.39, 0.29) is 0 Å². The number of alkyl halides is 4. The Morgan fingerprint density at radius 3 is 2.00 bits per heavy atom. The predicted molar refractivity (Wildman–Crippen MR) is 41.4 cm³/mol. The first kappa shape index (κ1) is 13.2. The summed E-state index contributed by atoms with van der Waals surface area (Å²) >= 11 is 0. The van der Waals surface area contributed by atoms with E-state index in [0.717, 1.165) is 0 Å². The van der Waals surface area contributed by atoms with Crippen LogP contribution >= 0.6 is 0 Å². The molecule has 0 spiro atoms. The zero-order valence-corrected chi connectivity index (χ0v) is 7.95. The number of esters is 1. The van der Waals surface area contributed by atoms with Gasteiger partial charge in [-0.3, -0.25) is 4.79 Å². The second-order valence-electron chi connectivity index (χ2n) is 3.30. The van der Waals surface area contributed by atoms with Gasteiger partial charge in [0.2, 0.25) is 5.92 Å². The third-order valence-corrected chi connectivity index (χ3v) is 1.25. The normalized spacial score (nSPS) is 12.7. The molecule has 0 atom stereocenters. The largest absolute Gasteiger partial charge is 0.459 e. The molecule has 0 bridgehead atoms. The van der Waals surface area contributed by atoms with Crippen molar-refractivity contribution in [3.63, 3.8) is 0 Å². The van der Waals surface area contributed by atoms with Crippen molar-refractivity contribution in [1.29, 1.82) is 0 Å². The molecule has 0 saturated heterocycles. The van der Waals surface area contributed by atoms with Crippen LogP contribution in [0, 0.1) is 0 Å². The number of carbonyl (C=O) groups excluding carboxylic acids is 1. The summed E-state index contributed by atoms with van der Waals surface area (Å²) < 4.78 is 52.7. The first-order valence-electron chi connectivity index (χ1n) is 4.01. The van der Waals surface area contributed by atoms with Crippen molar-refractivity contribution >= 4 is 5.97 Å². The van der Waals surface area contributed by atoms with Crippen molar-refractivity contribution in [1.82, 2.24) is 0 Å². The molecule has 0 heterocycles. The maximum absolute atomic E-state index is 12.2. The van der Waals surface area contributed by atoms with Crippen molar-refractivity contribution in [3.8, 4) is 0 Å². The minimum absolute atomic E-state index is 0.556. The van der Waals surface area contributed by atoms with Crippen LogP contribution in [-0.4, -0.2) is 24.4 Å². The summed E-state index contributed by atoms with van der Waals surface area (Å²) in [6, 6.07) is 0. The molecule has 0 aliphatic rings. The third kappa shape index (κ3) is 9.28. The van der Waals surface area contributed by atoms with Gasteiger partial charge < -0.3 is 4.74 Å². The van der Waals surface area contributed by atoms with Gasteiger partial charge in [0.25, 0.3) is 5.92 Å². The van der Waals surface area contributed by atoms with Crippen molar-refractivity contribution < 1.29 is 27.1 Å². The van der Waals surface area contributed by atoms with Gasteiger partial charge in [0, 0.05) is 13.3 Å². The van der Waals surface area contributed by atoms with E-state index in [1.807, 2.05) is 0 Å². The van der Waals surface area contributed by atoms with Crippen LogP contribution < -0.4 is 0 Å². The quantitative estimate of drug-likeness (QED) is 0.521. The fourth-order valence-corrected chi connectivity index (χ4v) is 0.601. The van der Waals surface area contributed by atoms with Gasteiger partial charge in [-0.05, 0) is 6.92 Å². The van der Waals surface area contributed by atoms with E-state index in [9.17, 15) is 22.4 Å². The zero-order chi connectivity index (χ0) is 11.4. The highest BCUT2D eigenvalue weighted by molar-refractivity contribution is 5.69. The highest BCUT2D eigenvalue weighted by Gasteiger charge is 2.26. The Labute approximate surface area is 79.2 Å². The van der Waals surface area contributed by atoms with Crippen LogP contribution in [0.4, 0.5) is 17.6 Å². The van der Waals surface area contributed by atoms with Gasteiger partial charge in [-0.15, -0.1) is 0 Å². The smallest absolute Gasteiger partial charge is 0.306 e. The SMILES string of the molecule is CC(F)(F)CCC(=O)OCC(C)(F)F.